The number of likely N-dealkylation sites (tertiary alicyclic amines) is 1. The molecule has 2 aliphatic carbocycles. The van der Waals surface area contributed by atoms with E-state index in [0.29, 0.717) is 19.6 Å². The Morgan fingerprint density at radius 3 is 2.39 bits per heavy atom. The molecule has 1 saturated carbocycles. The first-order valence-corrected chi connectivity index (χ1v) is 11.3. The summed E-state index contributed by atoms with van der Waals surface area (Å²) in [6.45, 7) is 4.36. The van der Waals surface area contributed by atoms with Gasteiger partial charge in [0.15, 0.2) is 5.96 Å². The number of imide groups is 1. The molecule has 2 N–H and O–H groups in total. The number of nitrogens with zero attached hydrogens (tertiary/aromatic N) is 2. The SMILES string of the molecule is CCNC(=NCCCc1ccc(OC)cc1)NCCN1C(=O)C2C3C=CC(C3)C2C1=O. The summed E-state index contributed by atoms with van der Waals surface area (Å²) in [6, 6.07) is 8.10. The Hall–Kier alpha value is -2.83. The molecule has 0 aromatic heterocycles. The molecule has 4 unspecified atom stereocenters. The maximum absolute atomic E-state index is 12.8. The quantitative estimate of drug-likeness (QED) is 0.208. The summed E-state index contributed by atoms with van der Waals surface area (Å²) in [5.74, 6) is 1.87. The van der Waals surface area contributed by atoms with Gasteiger partial charge >= 0.3 is 0 Å². The second kappa shape index (κ2) is 9.54. The van der Waals surface area contributed by atoms with Crippen LogP contribution in [0.2, 0.25) is 0 Å². The average molecular weight is 425 g/mol. The predicted molar refractivity (Wildman–Crippen MR) is 120 cm³/mol. The predicted octanol–water partition coefficient (Wildman–Crippen LogP) is 1.99. The summed E-state index contributed by atoms with van der Waals surface area (Å²) in [5, 5.41) is 6.50. The fourth-order valence-corrected chi connectivity index (χ4v) is 5.08. The number of carbonyl (C=O) groups is 2. The standard InChI is InChI=1S/C24H32N4O3/c1-3-25-24(26-12-4-5-16-6-10-19(31-2)11-7-16)27-13-14-28-22(29)20-17-8-9-18(15-17)21(20)23(28)30/h6-11,17-18,20-21H,3-5,12-15H2,1-2H3,(H2,25,26,27). The summed E-state index contributed by atoms with van der Waals surface area (Å²) in [5.41, 5.74) is 1.26. The number of aryl methyl sites for hydroxylation is 1. The first-order chi connectivity index (χ1) is 15.1. The Labute approximate surface area is 183 Å². The van der Waals surface area contributed by atoms with Crippen molar-refractivity contribution in [3.8, 4) is 5.75 Å². The van der Waals surface area contributed by atoms with Crippen molar-refractivity contribution in [2.45, 2.75) is 26.2 Å². The molecule has 2 fully saturated rings. The summed E-state index contributed by atoms with van der Waals surface area (Å²) >= 11 is 0. The first kappa shape index (κ1) is 21.4. The van der Waals surface area contributed by atoms with Gasteiger partial charge in [-0.2, -0.15) is 0 Å². The van der Waals surface area contributed by atoms with E-state index in [9.17, 15) is 9.59 Å². The third kappa shape index (κ3) is 4.45. The molecule has 0 radical (unpaired) electrons. The van der Waals surface area contributed by atoms with Gasteiger partial charge in [0.25, 0.3) is 0 Å². The average Bonchev–Trinajstić information content (AvgIpc) is 3.46. The smallest absolute Gasteiger partial charge is 0.233 e. The third-order valence-corrected chi connectivity index (χ3v) is 6.59. The van der Waals surface area contributed by atoms with Crippen LogP contribution in [0.25, 0.3) is 0 Å². The number of methoxy groups -OCH3 is 1. The number of aliphatic imine (C=N–C) groups is 1. The fraction of sp³-hybridized carbons (Fsp3) is 0.542. The van der Waals surface area contributed by atoms with Crippen LogP contribution in [0.15, 0.2) is 41.4 Å². The van der Waals surface area contributed by atoms with E-state index in [4.69, 9.17) is 4.74 Å². The number of guanidine groups is 1. The van der Waals surface area contributed by atoms with Crippen molar-refractivity contribution in [2.24, 2.45) is 28.7 Å². The lowest BCUT2D eigenvalue weighted by molar-refractivity contribution is -0.140. The van der Waals surface area contributed by atoms with Gasteiger partial charge in [-0.25, -0.2) is 0 Å². The molecule has 2 bridgehead atoms. The van der Waals surface area contributed by atoms with E-state index in [1.54, 1.807) is 7.11 Å². The largest absolute Gasteiger partial charge is 0.497 e. The van der Waals surface area contributed by atoms with E-state index in [-0.39, 0.29) is 35.5 Å². The number of hydrogen-bond donors (Lipinski definition) is 2. The lowest BCUT2D eigenvalue weighted by Crippen LogP contribution is -2.43. The Morgan fingerprint density at radius 1 is 1.10 bits per heavy atom. The van der Waals surface area contributed by atoms with Gasteiger partial charge < -0.3 is 15.4 Å². The molecule has 7 heteroatoms. The van der Waals surface area contributed by atoms with Crippen molar-refractivity contribution in [1.29, 1.82) is 0 Å². The van der Waals surface area contributed by atoms with Crippen LogP contribution in [0.5, 0.6) is 5.75 Å². The lowest BCUT2D eigenvalue weighted by Gasteiger charge is -2.18. The molecule has 1 heterocycles. The van der Waals surface area contributed by atoms with Gasteiger partial charge in [0, 0.05) is 26.2 Å². The number of hydrogen-bond acceptors (Lipinski definition) is 4. The highest BCUT2D eigenvalue weighted by atomic mass is 16.5. The van der Waals surface area contributed by atoms with Gasteiger partial charge in [-0.1, -0.05) is 24.3 Å². The van der Waals surface area contributed by atoms with Crippen molar-refractivity contribution in [3.05, 3.63) is 42.0 Å². The number of amides is 2. The van der Waals surface area contributed by atoms with Crippen LogP contribution in [0, 0.1) is 23.7 Å². The van der Waals surface area contributed by atoms with E-state index in [1.807, 2.05) is 19.1 Å². The van der Waals surface area contributed by atoms with Crippen molar-refractivity contribution < 1.29 is 14.3 Å². The number of fused-ring (bicyclic) bond motifs is 5. The number of rotatable bonds is 9. The zero-order chi connectivity index (χ0) is 21.8. The fourth-order valence-electron chi connectivity index (χ4n) is 5.08. The number of nitrogens with one attached hydrogen (secondary N) is 2. The maximum atomic E-state index is 12.8. The zero-order valence-electron chi connectivity index (χ0n) is 18.3. The van der Waals surface area contributed by atoms with Crippen LogP contribution < -0.4 is 15.4 Å². The van der Waals surface area contributed by atoms with E-state index in [2.05, 4.69) is 39.9 Å². The molecular formula is C24H32N4O3. The van der Waals surface area contributed by atoms with E-state index < -0.39 is 0 Å². The summed E-state index contributed by atoms with van der Waals surface area (Å²) in [6.07, 6.45) is 7.10. The second-order valence-corrected chi connectivity index (χ2v) is 8.47. The molecule has 0 spiro atoms. The van der Waals surface area contributed by atoms with Gasteiger partial charge in [-0.15, -0.1) is 0 Å². The van der Waals surface area contributed by atoms with Crippen molar-refractivity contribution >= 4 is 17.8 Å². The molecule has 1 saturated heterocycles. The van der Waals surface area contributed by atoms with E-state index in [1.165, 1.54) is 10.5 Å². The molecule has 4 rings (SSSR count). The number of ether oxygens (including phenoxy) is 1. The van der Waals surface area contributed by atoms with Gasteiger partial charge in [0.1, 0.15) is 5.75 Å². The van der Waals surface area contributed by atoms with Crippen LogP contribution in [0.4, 0.5) is 0 Å². The zero-order valence-corrected chi connectivity index (χ0v) is 18.3. The third-order valence-electron chi connectivity index (χ3n) is 6.59. The summed E-state index contributed by atoms with van der Waals surface area (Å²) in [7, 11) is 1.67. The van der Waals surface area contributed by atoms with Crippen molar-refractivity contribution in [3.63, 3.8) is 0 Å². The molecule has 1 aromatic rings. The molecular weight excluding hydrogens is 392 g/mol. The first-order valence-electron chi connectivity index (χ1n) is 11.3. The van der Waals surface area contributed by atoms with Crippen molar-refractivity contribution in [2.75, 3.05) is 33.3 Å². The summed E-state index contributed by atoms with van der Waals surface area (Å²) < 4.78 is 5.19. The van der Waals surface area contributed by atoms with Crippen LogP contribution in [0.3, 0.4) is 0 Å². The number of carbonyl (C=O) groups excluding carboxylic acids is 2. The van der Waals surface area contributed by atoms with Crippen molar-refractivity contribution in [1.82, 2.24) is 15.5 Å². The minimum absolute atomic E-state index is 0.00933. The maximum Gasteiger partial charge on any atom is 0.233 e. The lowest BCUT2D eigenvalue weighted by atomic mass is 9.85. The van der Waals surface area contributed by atoms with Gasteiger partial charge in [-0.05, 0) is 55.7 Å². The topological polar surface area (TPSA) is 83.0 Å². The summed E-state index contributed by atoms with van der Waals surface area (Å²) in [4.78, 5) is 31.6. The molecule has 31 heavy (non-hydrogen) atoms. The van der Waals surface area contributed by atoms with E-state index in [0.717, 1.165) is 37.5 Å². The minimum Gasteiger partial charge on any atom is -0.497 e. The number of allylic oxidation sites excluding steroid dienone is 2. The normalized spacial score (nSPS) is 26.5. The molecule has 166 valence electrons. The number of benzene rings is 1. The van der Waals surface area contributed by atoms with Crippen LogP contribution in [0.1, 0.15) is 25.3 Å². The van der Waals surface area contributed by atoms with Crippen LogP contribution >= 0.6 is 0 Å². The molecule has 4 atom stereocenters. The van der Waals surface area contributed by atoms with Crippen LogP contribution in [-0.4, -0.2) is 56.0 Å². The highest BCUT2D eigenvalue weighted by molar-refractivity contribution is 6.06. The Balaban J connectivity index is 1.23. The monoisotopic (exact) mass is 424 g/mol. The molecule has 7 nitrogen and oxygen atoms in total. The molecule has 1 aromatic carbocycles. The Morgan fingerprint density at radius 2 is 1.77 bits per heavy atom. The Bertz CT molecular complexity index is 834. The highest BCUT2D eigenvalue weighted by Gasteiger charge is 2.58. The minimum atomic E-state index is -0.123. The van der Waals surface area contributed by atoms with Crippen LogP contribution in [-0.2, 0) is 16.0 Å². The van der Waals surface area contributed by atoms with Gasteiger partial charge in [-0.3, -0.25) is 19.5 Å². The Kier molecular flexibility index (Phi) is 6.59. The molecule has 3 aliphatic rings. The highest BCUT2D eigenvalue weighted by Crippen LogP contribution is 2.52. The van der Waals surface area contributed by atoms with E-state index >= 15 is 0 Å². The van der Waals surface area contributed by atoms with Gasteiger partial charge in [0.2, 0.25) is 11.8 Å². The van der Waals surface area contributed by atoms with Gasteiger partial charge in [0.05, 0.1) is 18.9 Å². The molecule has 2 amide bonds. The second-order valence-electron chi connectivity index (χ2n) is 8.47. The molecule has 1 aliphatic heterocycles.